The number of aliphatic carboxylic acids is 1. The number of hydrogen-bond acceptors (Lipinski definition) is 2. The summed E-state index contributed by atoms with van der Waals surface area (Å²) in [5.41, 5.74) is -0.397. The minimum atomic E-state index is -0.896. The summed E-state index contributed by atoms with van der Waals surface area (Å²) < 4.78 is 0. The van der Waals surface area contributed by atoms with Crippen molar-refractivity contribution in [3.05, 3.63) is 0 Å². The van der Waals surface area contributed by atoms with Gasteiger partial charge in [-0.3, -0.25) is 4.79 Å². The highest BCUT2D eigenvalue weighted by Crippen LogP contribution is 2.51. The Hall–Kier alpha value is -0.570. The topological polar surface area (TPSA) is 57.5 Å². The molecule has 0 aromatic rings. The summed E-state index contributed by atoms with van der Waals surface area (Å²) in [6.45, 7) is 3.49. The lowest BCUT2D eigenvalue weighted by Crippen LogP contribution is -2.03. The normalized spacial score (nSPS) is 38.1. The van der Waals surface area contributed by atoms with E-state index >= 15 is 0 Å². The van der Waals surface area contributed by atoms with Crippen molar-refractivity contribution in [2.75, 3.05) is 0 Å². The van der Waals surface area contributed by atoms with E-state index in [9.17, 15) is 4.79 Å². The van der Waals surface area contributed by atoms with E-state index < -0.39 is 23.4 Å². The molecule has 3 nitrogen and oxygen atoms in total. The average molecular weight is 130 g/mol. The molecule has 0 saturated heterocycles. The van der Waals surface area contributed by atoms with Crippen LogP contribution in [0.1, 0.15) is 13.8 Å². The van der Waals surface area contributed by atoms with Gasteiger partial charge in [0.05, 0.1) is 12.0 Å². The number of aliphatic hydroxyl groups is 1. The monoisotopic (exact) mass is 130 g/mol. The molecule has 0 aromatic heterocycles. The van der Waals surface area contributed by atoms with Gasteiger partial charge in [-0.1, -0.05) is 13.8 Å². The first kappa shape index (κ1) is 6.55. The van der Waals surface area contributed by atoms with Gasteiger partial charge in [-0.25, -0.2) is 0 Å². The summed E-state index contributed by atoms with van der Waals surface area (Å²) in [7, 11) is 0. The van der Waals surface area contributed by atoms with Gasteiger partial charge in [0, 0.05) is 5.41 Å². The summed E-state index contributed by atoms with van der Waals surface area (Å²) >= 11 is 0. The van der Waals surface area contributed by atoms with Gasteiger partial charge in [0.1, 0.15) is 0 Å². The molecule has 0 aliphatic heterocycles. The van der Waals surface area contributed by atoms with Crippen molar-refractivity contribution in [3.63, 3.8) is 0 Å². The molecule has 52 valence electrons. The van der Waals surface area contributed by atoms with Gasteiger partial charge >= 0.3 is 5.97 Å². The van der Waals surface area contributed by atoms with Gasteiger partial charge in [0.2, 0.25) is 0 Å². The second-order valence-electron chi connectivity index (χ2n) is 3.08. The van der Waals surface area contributed by atoms with Gasteiger partial charge in [-0.15, -0.1) is 0 Å². The first-order valence-corrected chi connectivity index (χ1v) is 2.89. The van der Waals surface area contributed by atoms with Gasteiger partial charge in [0.15, 0.2) is 0 Å². The Labute approximate surface area is 53.3 Å². The number of hydrogen-bond donors (Lipinski definition) is 2. The van der Waals surface area contributed by atoms with Crippen molar-refractivity contribution in [3.8, 4) is 0 Å². The fourth-order valence-corrected chi connectivity index (χ4v) is 1.06. The zero-order valence-corrected chi connectivity index (χ0v) is 5.46. The van der Waals surface area contributed by atoms with E-state index in [0.717, 1.165) is 0 Å². The Morgan fingerprint density at radius 3 is 1.89 bits per heavy atom. The van der Waals surface area contributed by atoms with E-state index in [1.807, 2.05) is 0 Å². The van der Waals surface area contributed by atoms with Crippen LogP contribution in [0.15, 0.2) is 0 Å². The lowest BCUT2D eigenvalue weighted by Gasteiger charge is -1.93. The Kier molecular flexibility index (Phi) is 1.07. The molecule has 1 fully saturated rings. The molecule has 2 unspecified atom stereocenters. The maximum absolute atomic E-state index is 10.2. The molecule has 2 atom stereocenters. The molecule has 0 amide bonds. The Morgan fingerprint density at radius 1 is 1.56 bits per heavy atom. The van der Waals surface area contributed by atoms with Crippen molar-refractivity contribution >= 4 is 5.97 Å². The second-order valence-corrected chi connectivity index (χ2v) is 3.08. The molecule has 0 spiro atoms. The van der Waals surface area contributed by atoms with E-state index in [1.54, 1.807) is 13.8 Å². The molecule has 9 heavy (non-hydrogen) atoms. The standard InChI is InChI=1S/C6H10O3/c1-6(2)3(4(6)7)5(8)9/h3-4,7H,1-2H3,(H,8,9). The molecule has 3 heteroatoms. The Balaban J connectivity index is 2.62. The number of carboxylic acid groups (broad SMARTS) is 1. The number of carbonyl (C=O) groups is 1. The molecule has 2 N–H and O–H groups in total. The molecule has 0 bridgehead atoms. The van der Waals surface area contributed by atoms with Gasteiger partial charge in [0.25, 0.3) is 0 Å². The van der Waals surface area contributed by atoms with Gasteiger partial charge in [-0.05, 0) is 0 Å². The molecular weight excluding hydrogens is 120 g/mol. The molecule has 0 aromatic carbocycles. The van der Waals surface area contributed by atoms with Crippen LogP contribution in [0.4, 0.5) is 0 Å². The van der Waals surface area contributed by atoms with Crippen molar-refractivity contribution < 1.29 is 15.0 Å². The van der Waals surface area contributed by atoms with Crippen LogP contribution in [-0.4, -0.2) is 22.3 Å². The Bertz CT molecular complexity index is 150. The lowest BCUT2D eigenvalue weighted by molar-refractivity contribution is -0.139. The Morgan fingerprint density at radius 2 is 1.89 bits per heavy atom. The summed E-state index contributed by atoms with van der Waals surface area (Å²) in [6, 6.07) is 0. The third-order valence-electron chi connectivity index (χ3n) is 2.04. The van der Waals surface area contributed by atoms with E-state index in [0.29, 0.717) is 0 Å². The first-order valence-electron chi connectivity index (χ1n) is 2.89. The van der Waals surface area contributed by atoms with Crippen molar-refractivity contribution in [1.82, 2.24) is 0 Å². The van der Waals surface area contributed by atoms with E-state index in [2.05, 4.69) is 0 Å². The lowest BCUT2D eigenvalue weighted by atomic mass is 10.1. The largest absolute Gasteiger partial charge is 0.481 e. The predicted octanol–water partition coefficient (Wildman–Crippen LogP) is 0.0879. The van der Waals surface area contributed by atoms with Crippen LogP contribution in [0, 0.1) is 11.3 Å². The van der Waals surface area contributed by atoms with Crippen LogP contribution in [-0.2, 0) is 4.79 Å². The van der Waals surface area contributed by atoms with Crippen LogP contribution in [0.25, 0.3) is 0 Å². The highest BCUT2D eigenvalue weighted by molar-refractivity contribution is 5.76. The molecular formula is C6H10O3. The number of rotatable bonds is 1. The molecule has 0 radical (unpaired) electrons. The minimum absolute atomic E-state index is 0.397. The minimum Gasteiger partial charge on any atom is -0.481 e. The van der Waals surface area contributed by atoms with E-state index in [-0.39, 0.29) is 0 Å². The summed E-state index contributed by atoms with van der Waals surface area (Å²) in [5.74, 6) is -1.44. The fourth-order valence-electron chi connectivity index (χ4n) is 1.06. The number of aliphatic hydroxyl groups excluding tert-OH is 1. The smallest absolute Gasteiger partial charge is 0.309 e. The molecule has 1 aliphatic carbocycles. The highest BCUT2D eigenvalue weighted by Gasteiger charge is 2.61. The van der Waals surface area contributed by atoms with Crippen molar-refractivity contribution in [1.29, 1.82) is 0 Å². The number of carboxylic acids is 1. The average Bonchev–Trinajstić information content (AvgIpc) is 2.07. The zero-order valence-electron chi connectivity index (χ0n) is 5.46. The van der Waals surface area contributed by atoms with Gasteiger partial charge in [-0.2, -0.15) is 0 Å². The van der Waals surface area contributed by atoms with Crippen LogP contribution in [0.5, 0.6) is 0 Å². The second kappa shape index (κ2) is 1.48. The predicted molar refractivity (Wildman–Crippen MR) is 30.9 cm³/mol. The van der Waals surface area contributed by atoms with Crippen molar-refractivity contribution in [2.24, 2.45) is 11.3 Å². The van der Waals surface area contributed by atoms with E-state index in [1.165, 1.54) is 0 Å². The fraction of sp³-hybridized carbons (Fsp3) is 0.833. The summed E-state index contributed by atoms with van der Waals surface area (Å²) in [6.07, 6.45) is -0.644. The molecule has 1 aliphatic rings. The SMILES string of the molecule is CC1(C)C(O)C1C(=O)O. The van der Waals surface area contributed by atoms with Crippen LogP contribution in [0.2, 0.25) is 0 Å². The first-order chi connectivity index (χ1) is 3.98. The zero-order chi connectivity index (χ0) is 7.23. The molecule has 1 rings (SSSR count). The third-order valence-corrected chi connectivity index (χ3v) is 2.04. The quantitative estimate of drug-likeness (QED) is 0.528. The van der Waals surface area contributed by atoms with E-state index in [4.69, 9.17) is 10.2 Å². The maximum atomic E-state index is 10.2. The summed E-state index contributed by atoms with van der Waals surface area (Å²) in [5, 5.41) is 17.3. The maximum Gasteiger partial charge on any atom is 0.309 e. The molecule has 0 heterocycles. The van der Waals surface area contributed by atoms with Crippen LogP contribution < -0.4 is 0 Å². The van der Waals surface area contributed by atoms with Gasteiger partial charge < -0.3 is 10.2 Å². The van der Waals surface area contributed by atoms with Crippen LogP contribution >= 0.6 is 0 Å². The summed E-state index contributed by atoms with van der Waals surface area (Å²) in [4.78, 5) is 10.2. The molecule has 1 saturated carbocycles. The third kappa shape index (κ3) is 0.721. The van der Waals surface area contributed by atoms with Crippen molar-refractivity contribution in [2.45, 2.75) is 20.0 Å². The van der Waals surface area contributed by atoms with Crippen LogP contribution in [0.3, 0.4) is 0 Å². The highest BCUT2D eigenvalue weighted by atomic mass is 16.4.